The molecule has 0 aromatic heterocycles. The molecule has 0 saturated carbocycles. The molecule has 0 radical (unpaired) electrons. The smallest absolute Gasteiger partial charge is 0.306 e. The van der Waals surface area contributed by atoms with Gasteiger partial charge in [0.25, 0.3) is 5.91 Å². The lowest BCUT2D eigenvalue weighted by Crippen LogP contribution is -2.68. The predicted molar refractivity (Wildman–Crippen MR) is 290 cm³/mol. The first kappa shape index (κ1) is 61.2. The van der Waals surface area contributed by atoms with Gasteiger partial charge in [0.15, 0.2) is 24.8 Å². The molecule has 2 unspecified atom stereocenters. The molecule has 2 fully saturated rings. The third-order valence-electron chi connectivity index (χ3n) is 14.6. The first-order valence-electron chi connectivity index (χ1n) is 29.8. The van der Waals surface area contributed by atoms with Gasteiger partial charge < -0.3 is 33.7 Å². The molecule has 7 atom stereocenters. The van der Waals surface area contributed by atoms with Gasteiger partial charge in [-0.25, -0.2) is 0 Å². The molecule has 2 aliphatic rings. The second-order valence-corrected chi connectivity index (χ2v) is 21.0. The van der Waals surface area contributed by atoms with Gasteiger partial charge in [0, 0.05) is 18.4 Å². The summed E-state index contributed by atoms with van der Waals surface area (Å²) < 4.78 is 38.7. The number of nitrogens with one attached hydrogen (secondary N) is 1. The van der Waals surface area contributed by atoms with Crippen molar-refractivity contribution in [2.24, 2.45) is 0 Å². The Morgan fingerprint density at radius 1 is 0.542 bits per heavy atom. The molecule has 0 aliphatic carbocycles. The highest BCUT2D eigenvalue weighted by atomic mass is 16.8. The molecule has 1 N–H and O–H groups in total. The van der Waals surface area contributed by atoms with E-state index in [0.717, 1.165) is 68.9 Å². The summed E-state index contributed by atoms with van der Waals surface area (Å²) in [5.41, 5.74) is 1.75. The number of unbranched alkanes of at least 4 members (excludes halogenated alkanes) is 29. The number of fused-ring (bicyclic) bond motifs is 1. The molecular weight excluding hydrogens is 903 g/mol. The van der Waals surface area contributed by atoms with Crippen LogP contribution in [-0.2, 0) is 49.4 Å². The molecule has 2 aliphatic heterocycles. The fourth-order valence-electron chi connectivity index (χ4n) is 10.2. The standard InChI is InChI=1S/C62H101NO9/c1-4-7-10-13-16-19-22-25-28-31-40-47-55(64)69-53(46-39-30-27-24-21-18-15-12-9-6-3)60(66)63-57-59(71-56(65)48-41-32-29-26-23-20-17-14-11-8-5-2)58-54(50-68-61(72-58)52-44-37-34-38-45-52)70-62(57)67-49-51-42-35-33-36-43-51/h33-38,42-45,53-54,57-59,61-62H,4-32,39-41,46-50H2,1-3H3,(H,63,66)/t53?,54-,57-,58-,59-,61?,62-/m1/s1. The summed E-state index contributed by atoms with van der Waals surface area (Å²) in [7, 11) is 0. The largest absolute Gasteiger partial charge is 0.457 e. The Labute approximate surface area is 437 Å². The van der Waals surface area contributed by atoms with Crippen LogP contribution in [0.25, 0.3) is 0 Å². The van der Waals surface area contributed by atoms with Crippen LogP contribution in [0.5, 0.6) is 0 Å². The van der Waals surface area contributed by atoms with Crippen LogP contribution in [0, 0.1) is 0 Å². The van der Waals surface area contributed by atoms with Crippen LogP contribution in [0.4, 0.5) is 0 Å². The first-order chi connectivity index (χ1) is 35.4. The van der Waals surface area contributed by atoms with E-state index in [4.69, 9.17) is 28.4 Å². The first-order valence-corrected chi connectivity index (χ1v) is 29.8. The monoisotopic (exact) mass is 1000 g/mol. The van der Waals surface area contributed by atoms with E-state index in [9.17, 15) is 14.4 Å². The van der Waals surface area contributed by atoms with Crippen LogP contribution >= 0.6 is 0 Å². The Hall–Kier alpha value is -3.31. The van der Waals surface area contributed by atoms with Crippen molar-refractivity contribution in [3.63, 3.8) is 0 Å². The van der Waals surface area contributed by atoms with Crippen molar-refractivity contribution in [2.45, 2.75) is 295 Å². The fraction of sp³-hybridized carbons (Fsp3) is 0.758. The Balaban J connectivity index is 1.47. The molecule has 72 heavy (non-hydrogen) atoms. The lowest BCUT2D eigenvalue weighted by atomic mass is 9.94. The Bertz CT molecular complexity index is 1640. The summed E-state index contributed by atoms with van der Waals surface area (Å²) in [5.74, 6) is -1.16. The molecule has 0 spiro atoms. The van der Waals surface area contributed by atoms with Crippen LogP contribution in [0.1, 0.15) is 263 Å². The minimum atomic E-state index is -1.03. The highest BCUT2D eigenvalue weighted by molar-refractivity contribution is 5.84. The van der Waals surface area contributed by atoms with E-state index in [1.54, 1.807) is 0 Å². The molecule has 2 saturated heterocycles. The topological polar surface area (TPSA) is 119 Å². The van der Waals surface area contributed by atoms with Gasteiger partial charge in [0.2, 0.25) is 0 Å². The van der Waals surface area contributed by atoms with E-state index in [1.807, 2.05) is 60.7 Å². The zero-order valence-electron chi connectivity index (χ0n) is 45.7. The number of ether oxygens (including phenoxy) is 6. The number of amides is 1. The van der Waals surface area contributed by atoms with E-state index in [2.05, 4.69) is 26.1 Å². The molecule has 0 bridgehead atoms. The van der Waals surface area contributed by atoms with E-state index >= 15 is 0 Å². The molecule has 10 nitrogen and oxygen atoms in total. The minimum absolute atomic E-state index is 0.167. The molecule has 2 aromatic rings. The van der Waals surface area contributed by atoms with Gasteiger partial charge in [0.1, 0.15) is 18.2 Å². The molecule has 2 heterocycles. The highest BCUT2D eigenvalue weighted by Crippen LogP contribution is 2.36. The number of esters is 2. The highest BCUT2D eigenvalue weighted by Gasteiger charge is 2.53. The maximum Gasteiger partial charge on any atom is 0.306 e. The summed E-state index contributed by atoms with van der Waals surface area (Å²) in [4.78, 5) is 42.3. The van der Waals surface area contributed by atoms with Gasteiger partial charge in [-0.15, -0.1) is 0 Å². The minimum Gasteiger partial charge on any atom is -0.457 e. The summed E-state index contributed by atoms with van der Waals surface area (Å²) in [6.45, 7) is 7.11. The van der Waals surface area contributed by atoms with Gasteiger partial charge in [-0.2, -0.15) is 0 Å². The number of benzene rings is 2. The number of carbonyl (C=O) groups is 3. The van der Waals surface area contributed by atoms with Gasteiger partial charge >= 0.3 is 11.9 Å². The van der Waals surface area contributed by atoms with Crippen LogP contribution in [0.15, 0.2) is 60.7 Å². The second-order valence-electron chi connectivity index (χ2n) is 21.0. The van der Waals surface area contributed by atoms with Gasteiger partial charge in [0.05, 0.1) is 13.2 Å². The predicted octanol–water partition coefficient (Wildman–Crippen LogP) is 16.1. The van der Waals surface area contributed by atoms with Crippen molar-refractivity contribution in [1.82, 2.24) is 5.32 Å². The van der Waals surface area contributed by atoms with Gasteiger partial charge in [-0.05, 0) is 31.2 Å². The van der Waals surface area contributed by atoms with Crippen molar-refractivity contribution >= 4 is 17.8 Å². The molecule has 1 amide bonds. The zero-order valence-corrected chi connectivity index (χ0v) is 45.7. The summed E-state index contributed by atoms with van der Waals surface area (Å²) in [6.07, 6.45) is 33.2. The van der Waals surface area contributed by atoms with Crippen molar-refractivity contribution in [3.05, 3.63) is 71.8 Å². The summed E-state index contributed by atoms with van der Waals surface area (Å²) >= 11 is 0. The Kier molecular flexibility index (Phi) is 34.1. The number of hydrogen-bond acceptors (Lipinski definition) is 9. The fourth-order valence-corrected chi connectivity index (χ4v) is 10.2. The SMILES string of the molecule is CCCCCCCCCCCCCC(=O)OC(CCCCCCCCCCCC)C(=O)N[C@H]1[C@H](OCc2ccccc2)O[C@@H]2COC(c3ccccc3)O[C@H]2[C@@H]1OC(=O)CCCCCCCCCCCCC. The third-order valence-corrected chi connectivity index (χ3v) is 14.6. The number of carbonyl (C=O) groups excluding carboxylic acids is 3. The summed E-state index contributed by atoms with van der Waals surface area (Å²) in [6, 6.07) is 18.5. The molecule has 4 rings (SSSR count). The van der Waals surface area contributed by atoms with E-state index in [0.29, 0.717) is 12.8 Å². The summed E-state index contributed by atoms with van der Waals surface area (Å²) in [5, 5.41) is 3.20. The van der Waals surface area contributed by atoms with E-state index in [-0.39, 0.29) is 38.0 Å². The maximum atomic E-state index is 14.8. The van der Waals surface area contributed by atoms with E-state index < -0.39 is 48.9 Å². The number of hydrogen-bond donors (Lipinski definition) is 1. The Morgan fingerprint density at radius 2 is 0.986 bits per heavy atom. The lowest BCUT2D eigenvalue weighted by molar-refractivity contribution is -0.346. The Morgan fingerprint density at radius 3 is 1.49 bits per heavy atom. The second kappa shape index (κ2) is 40.1. The lowest BCUT2D eigenvalue weighted by Gasteiger charge is -2.49. The zero-order chi connectivity index (χ0) is 51.1. The van der Waals surface area contributed by atoms with E-state index in [1.165, 1.54) is 141 Å². The molecule has 10 heteroatoms. The molecular formula is C62H101NO9. The third kappa shape index (κ3) is 26.3. The van der Waals surface area contributed by atoms with Crippen LogP contribution < -0.4 is 5.32 Å². The van der Waals surface area contributed by atoms with Crippen LogP contribution in [0.2, 0.25) is 0 Å². The molecule has 408 valence electrons. The van der Waals surface area contributed by atoms with Gasteiger partial charge in [-0.1, -0.05) is 268 Å². The molecule has 2 aromatic carbocycles. The van der Waals surface area contributed by atoms with Crippen molar-refractivity contribution in [3.8, 4) is 0 Å². The average Bonchev–Trinajstić information content (AvgIpc) is 3.40. The van der Waals surface area contributed by atoms with Gasteiger partial charge in [-0.3, -0.25) is 14.4 Å². The van der Waals surface area contributed by atoms with Crippen molar-refractivity contribution < 1.29 is 42.8 Å². The normalized spacial score (nSPS) is 20.2. The number of rotatable bonds is 43. The van der Waals surface area contributed by atoms with Crippen molar-refractivity contribution in [2.75, 3.05) is 6.61 Å². The maximum absolute atomic E-state index is 14.8. The van der Waals surface area contributed by atoms with Crippen LogP contribution in [0.3, 0.4) is 0 Å². The van der Waals surface area contributed by atoms with Crippen LogP contribution in [-0.4, -0.2) is 61.2 Å². The van der Waals surface area contributed by atoms with Crippen molar-refractivity contribution in [1.29, 1.82) is 0 Å². The quantitative estimate of drug-likeness (QED) is 0.0512. The average molecular weight is 1000 g/mol.